The average Bonchev–Trinajstić information content (AvgIpc) is 2.77. The quantitative estimate of drug-likeness (QED) is 0.735. The van der Waals surface area contributed by atoms with Crippen LogP contribution in [0.5, 0.6) is 11.5 Å². The van der Waals surface area contributed by atoms with E-state index in [1.807, 2.05) is 38.1 Å². The topological polar surface area (TPSA) is 84.9 Å². The summed E-state index contributed by atoms with van der Waals surface area (Å²) in [6.07, 6.45) is 3.49. The molecule has 0 aromatic heterocycles. The fourth-order valence-corrected chi connectivity index (χ4v) is 5.69. The van der Waals surface area contributed by atoms with Crippen molar-refractivity contribution in [2.45, 2.75) is 56.1 Å². The number of methoxy groups -OCH3 is 1. The molecule has 1 saturated heterocycles. The summed E-state index contributed by atoms with van der Waals surface area (Å²) < 4.78 is 40.9. The van der Waals surface area contributed by atoms with E-state index in [2.05, 4.69) is 4.72 Å². The van der Waals surface area contributed by atoms with Crippen LogP contribution in [0.1, 0.15) is 61.5 Å². The van der Waals surface area contributed by atoms with Gasteiger partial charge in [0.05, 0.1) is 23.6 Å². The lowest BCUT2D eigenvalue weighted by molar-refractivity contribution is 0.0701. The third kappa shape index (κ3) is 4.61. The van der Waals surface area contributed by atoms with Crippen LogP contribution < -0.4 is 14.2 Å². The summed E-state index contributed by atoms with van der Waals surface area (Å²) in [6.45, 7) is 5.22. The summed E-state index contributed by atoms with van der Waals surface area (Å²) in [5.74, 6) is 0.848. The van der Waals surface area contributed by atoms with Crippen LogP contribution in [0, 0.1) is 0 Å². The fraction of sp³-hybridized carbons (Fsp3) is 0.458. The van der Waals surface area contributed by atoms with Gasteiger partial charge in [0.1, 0.15) is 17.1 Å². The lowest BCUT2D eigenvalue weighted by Gasteiger charge is -2.37. The fourth-order valence-electron chi connectivity index (χ4n) is 4.45. The van der Waals surface area contributed by atoms with Crippen molar-refractivity contribution in [3.8, 4) is 11.5 Å². The van der Waals surface area contributed by atoms with E-state index in [1.165, 1.54) is 19.2 Å². The maximum atomic E-state index is 13.4. The summed E-state index contributed by atoms with van der Waals surface area (Å²) in [4.78, 5) is 14.9. The molecule has 8 heteroatoms. The van der Waals surface area contributed by atoms with E-state index in [0.29, 0.717) is 31.0 Å². The maximum absolute atomic E-state index is 13.4. The number of piperidine rings is 1. The molecule has 172 valence electrons. The molecule has 0 bridgehead atoms. The molecule has 1 fully saturated rings. The minimum Gasteiger partial charge on any atom is -0.496 e. The van der Waals surface area contributed by atoms with Crippen LogP contribution in [0.25, 0.3) is 0 Å². The molecule has 2 aliphatic heterocycles. The van der Waals surface area contributed by atoms with Crippen molar-refractivity contribution in [1.29, 1.82) is 0 Å². The van der Waals surface area contributed by atoms with Crippen LogP contribution in [-0.4, -0.2) is 45.0 Å². The lowest BCUT2D eigenvalue weighted by atomic mass is 9.90. The summed E-state index contributed by atoms with van der Waals surface area (Å²) >= 11 is 0. The number of sulfonamides is 1. The molecule has 1 amide bonds. The van der Waals surface area contributed by atoms with E-state index >= 15 is 0 Å². The minimum atomic E-state index is -3.90. The predicted molar refractivity (Wildman–Crippen MR) is 122 cm³/mol. The predicted octanol–water partition coefficient (Wildman–Crippen LogP) is 3.90. The van der Waals surface area contributed by atoms with Crippen molar-refractivity contribution < 1.29 is 22.7 Å². The smallest absolute Gasteiger partial charge is 0.257 e. The normalized spacial score (nSPS) is 20.2. The Labute approximate surface area is 189 Å². The number of likely N-dealkylation sites (tertiary alicyclic amines) is 1. The summed E-state index contributed by atoms with van der Waals surface area (Å²) in [7, 11) is -2.41. The van der Waals surface area contributed by atoms with Gasteiger partial charge in [0.15, 0.2) is 0 Å². The number of para-hydroxylation sites is 1. The molecule has 2 heterocycles. The van der Waals surface area contributed by atoms with Crippen molar-refractivity contribution in [2.24, 2.45) is 0 Å². The van der Waals surface area contributed by atoms with E-state index in [0.717, 1.165) is 24.8 Å². The van der Waals surface area contributed by atoms with E-state index < -0.39 is 21.7 Å². The highest BCUT2D eigenvalue weighted by Gasteiger charge is 2.36. The molecule has 0 aliphatic carbocycles. The largest absolute Gasteiger partial charge is 0.496 e. The van der Waals surface area contributed by atoms with Gasteiger partial charge in [-0.2, -0.15) is 0 Å². The van der Waals surface area contributed by atoms with Gasteiger partial charge in [-0.1, -0.05) is 18.2 Å². The number of amides is 1. The average molecular weight is 459 g/mol. The van der Waals surface area contributed by atoms with Crippen LogP contribution in [0.3, 0.4) is 0 Å². The number of ether oxygens (including phenoxy) is 2. The molecule has 2 aliphatic rings. The van der Waals surface area contributed by atoms with Crippen molar-refractivity contribution in [1.82, 2.24) is 9.62 Å². The zero-order valence-corrected chi connectivity index (χ0v) is 19.6. The van der Waals surface area contributed by atoms with Gasteiger partial charge < -0.3 is 14.4 Å². The first-order chi connectivity index (χ1) is 15.2. The van der Waals surface area contributed by atoms with Crippen LogP contribution in [-0.2, 0) is 10.0 Å². The Morgan fingerprint density at radius 3 is 2.56 bits per heavy atom. The Morgan fingerprint density at radius 1 is 1.12 bits per heavy atom. The number of carbonyl (C=O) groups excluding carboxylic acids is 1. The van der Waals surface area contributed by atoms with Gasteiger partial charge in [0, 0.05) is 25.1 Å². The highest BCUT2D eigenvalue weighted by atomic mass is 32.2. The summed E-state index contributed by atoms with van der Waals surface area (Å²) in [5.41, 5.74) is 0.551. The molecular weight excluding hydrogens is 428 g/mol. The van der Waals surface area contributed by atoms with Crippen molar-refractivity contribution in [2.75, 3.05) is 20.2 Å². The molecule has 7 nitrogen and oxygen atoms in total. The molecule has 0 saturated carbocycles. The van der Waals surface area contributed by atoms with Crippen LogP contribution in [0.2, 0.25) is 0 Å². The van der Waals surface area contributed by atoms with Crippen LogP contribution in [0.15, 0.2) is 47.4 Å². The van der Waals surface area contributed by atoms with Crippen LogP contribution in [0.4, 0.5) is 0 Å². The van der Waals surface area contributed by atoms with Crippen molar-refractivity contribution in [3.05, 3.63) is 53.6 Å². The zero-order valence-electron chi connectivity index (χ0n) is 18.8. The third-order valence-electron chi connectivity index (χ3n) is 6.03. The van der Waals surface area contributed by atoms with Crippen molar-refractivity contribution in [3.63, 3.8) is 0 Å². The molecule has 0 unspecified atom stereocenters. The highest BCUT2D eigenvalue weighted by Crippen LogP contribution is 2.40. The monoisotopic (exact) mass is 458 g/mol. The highest BCUT2D eigenvalue weighted by molar-refractivity contribution is 7.89. The van der Waals surface area contributed by atoms with E-state index in [-0.39, 0.29) is 16.4 Å². The van der Waals surface area contributed by atoms with Gasteiger partial charge in [0.25, 0.3) is 5.91 Å². The SMILES string of the molecule is COc1ccc(S(=O)(=O)N[C@H]2CC(C)(C)Oc3ccccc32)cc1C(=O)N1CCCCC1. The van der Waals surface area contributed by atoms with Gasteiger partial charge in [-0.15, -0.1) is 0 Å². The Hall–Kier alpha value is -2.58. The minimum absolute atomic E-state index is 0.0421. The first-order valence-electron chi connectivity index (χ1n) is 11.0. The number of nitrogens with one attached hydrogen (secondary N) is 1. The molecule has 0 radical (unpaired) electrons. The Balaban J connectivity index is 1.65. The first-order valence-corrected chi connectivity index (χ1v) is 12.5. The number of carbonyl (C=O) groups is 1. The van der Waals surface area contributed by atoms with Gasteiger partial charge in [-0.3, -0.25) is 4.79 Å². The molecule has 1 N–H and O–H groups in total. The van der Waals surface area contributed by atoms with Gasteiger partial charge in [0.2, 0.25) is 10.0 Å². The number of rotatable bonds is 5. The Morgan fingerprint density at radius 2 is 1.84 bits per heavy atom. The number of hydrogen-bond donors (Lipinski definition) is 1. The second kappa shape index (κ2) is 8.75. The van der Waals surface area contributed by atoms with Crippen LogP contribution >= 0.6 is 0 Å². The van der Waals surface area contributed by atoms with E-state index in [1.54, 1.807) is 11.0 Å². The molecule has 0 spiro atoms. The standard InChI is InChI=1S/C24H30N2O5S/c1-24(2)16-20(18-9-5-6-10-22(18)31-24)25-32(28,29)17-11-12-21(30-3)19(15-17)23(27)26-13-7-4-8-14-26/h5-6,9-12,15,20,25H,4,7-8,13-14,16H2,1-3H3/t20-/m0/s1. The molecule has 1 atom stereocenters. The summed E-state index contributed by atoms with van der Waals surface area (Å²) in [6, 6.07) is 11.5. The van der Waals surface area contributed by atoms with Gasteiger partial charge >= 0.3 is 0 Å². The molecule has 2 aromatic rings. The van der Waals surface area contributed by atoms with E-state index in [9.17, 15) is 13.2 Å². The second-order valence-corrected chi connectivity index (χ2v) is 10.7. The number of hydrogen-bond acceptors (Lipinski definition) is 5. The Bertz CT molecular complexity index is 1110. The van der Waals surface area contributed by atoms with E-state index in [4.69, 9.17) is 9.47 Å². The molecule has 2 aromatic carbocycles. The third-order valence-corrected chi connectivity index (χ3v) is 7.50. The second-order valence-electron chi connectivity index (χ2n) is 8.99. The zero-order chi connectivity index (χ0) is 22.9. The number of fused-ring (bicyclic) bond motifs is 1. The first kappa shape index (κ1) is 22.6. The van der Waals surface area contributed by atoms with Gasteiger partial charge in [-0.05, 0) is 57.4 Å². The maximum Gasteiger partial charge on any atom is 0.257 e. The lowest BCUT2D eigenvalue weighted by Crippen LogP contribution is -2.41. The summed E-state index contributed by atoms with van der Waals surface area (Å²) in [5, 5.41) is 0. The van der Waals surface area contributed by atoms with Gasteiger partial charge in [-0.25, -0.2) is 13.1 Å². The van der Waals surface area contributed by atoms with Crippen molar-refractivity contribution >= 4 is 15.9 Å². The Kier molecular flexibility index (Phi) is 6.18. The number of benzene rings is 2. The molecule has 32 heavy (non-hydrogen) atoms. The molecule has 4 rings (SSSR count). The number of nitrogens with zero attached hydrogens (tertiary/aromatic N) is 1. The molecular formula is C24H30N2O5S.